The van der Waals surface area contributed by atoms with Crippen LogP contribution in [0.5, 0.6) is 0 Å². The topological polar surface area (TPSA) is 36.3 Å². The highest BCUT2D eigenvalue weighted by atomic mass is 79.9. The SMILES string of the molecule is CCc1nn(C2COC(C)(C)O2)cc1Br. The third-order valence-corrected chi connectivity index (χ3v) is 3.04. The van der Waals surface area contributed by atoms with E-state index in [-0.39, 0.29) is 6.23 Å². The Labute approximate surface area is 97.7 Å². The fourth-order valence-corrected chi connectivity index (χ4v) is 2.16. The van der Waals surface area contributed by atoms with Crippen LogP contribution in [0.15, 0.2) is 10.7 Å². The van der Waals surface area contributed by atoms with Crippen molar-refractivity contribution in [3.05, 3.63) is 16.4 Å². The quantitative estimate of drug-likeness (QED) is 0.832. The molecule has 1 atom stereocenters. The highest BCUT2D eigenvalue weighted by molar-refractivity contribution is 9.10. The molecule has 15 heavy (non-hydrogen) atoms. The van der Waals surface area contributed by atoms with Crippen molar-refractivity contribution >= 4 is 15.9 Å². The van der Waals surface area contributed by atoms with Gasteiger partial charge in [0.15, 0.2) is 12.0 Å². The van der Waals surface area contributed by atoms with Crippen LogP contribution in [0.4, 0.5) is 0 Å². The van der Waals surface area contributed by atoms with Crippen LogP contribution in [0, 0.1) is 0 Å². The van der Waals surface area contributed by atoms with Crippen molar-refractivity contribution in [1.29, 1.82) is 0 Å². The Kier molecular flexibility index (Phi) is 2.87. The molecule has 0 bridgehead atoms. The van der Waals surface area contributed by atoms with Gasteiger partial charge in [-0.1, -0.05) is 6.92 Å². The van der Waals surface area contributed by atoms with Crippen molar-refractivity contribution in [3.8, 4) is 0 Å². The van der Waals surface area contributed by atoms with Gasteiger partial charge in [0, 0.05) is 6.20 Å². The molecule has 84 valence electrons. The molecule has 1 saturated heterocycles. The third kappa shape index (κ3) is 2.24. The van der Waals surface area contributed by atoms with Gasteiger partial charge >= 0.3 is 0 Å². The first-order chi connectivity index (χ1) is 7.02. The maximum absolute atomic E-state index is 5.71. The van der Waals surface area contributed by atoms with E-state index in [1.165, 1.54) is 0 Å². The predicted octanol–water partition coefficient (Wildman–Crippen LogP) is 2.49. The summed E-state index contributed by atoms with van der Waals surface area (Å²) in [6, 6.07) is 0. The van der Waals surface area contributed by atoms with Gasteiger partial charge in [-0.3, -0.25) is 0 Å². The van der Waals surface area contributed by atoms with Gasteiger partial charge in [0.1, 0.15) is 0 Å². The van der Waals surface area contributed by atoms with E-state index in [4.69, 9.17) is 9.47 Å². The predicted molar refractivity (Wildman–Crippen MR) is 59.5 cm³/mol. The summed E-state index contributed by atoms with van der Waals surface area (Å²) in [5.74, 6) is -0.504. The number of rotatable bonds is 2. The van der Waals surface area contributed by atoms with E-state index in [1.807, 2.05) is 24.7 Å². The molecule has 4 nitrogen and oxygen atoms in total. The van der Waals surface area contributed by atoms with E-state index in [0.717, 1.165) is 16.6 Å². The molecule has 0 saturated carbocycles. The average molecular weight is 275 g/mol. The van der Waals surface area contributed by atoms with Crippen molar-refractivity contribution < 1.29 is 9.47 Å². The third-order valence-electron chi connectivity index (χ3n) is 2.38. The fraction of sp³-hybridized carbons (Fsp3) is 0.700. The van der Waals surface area contributed by atoms with Crippen LogP contribution in [0.3, 0.4) is 0 Å². The summed E-state index contributed by atoms with van der Waals surface area (Å²) in [6.07, 6.45) is 2.73. The maximum atomic E-state index is 5.71. The summed E-state index contributed by atoms with van der Waals surface area (Å²) >= 11 is 3.47. The molecule has 0 aliphatic carbocycles. The molecular weight excluding hydrogens is 260 g/mol. The molecule has 5 heteroatoms. The summed E-state index contributed by atoms with van der Waals surface area (Å²) < 4.78 is 14.0. The molecule has 1 aliphatic rings. The summed E-state index contributed by atoms with van der Waals surface area (Å²) in [5.41, 5.74) is 1.04. The Bertz CT molecular complexity index is 362. The second kappa shape index (κ2) is 3.88. The number of ether oxygens (including phenoxy) is 2. The number of hydrogen-bond donors (Lipinski definition) is 0. The Morgan fingerprint density at radius 2 is 2.40 bits per heavy atom. The van der Waals surface area contributed by atoms with E-state index < -0.39 is 5.79 Å². The van der Waals surface area contributed by atoms with Crippen molar-refractivity contribution in [3.63, 3.8) is 0 Å². The zero-order chi connectivity index (χ0) is 11.1. The Balaban J connectivity index is 2.17. The van der Waals surface area contributed by atoms with Gasteiger partial charge in [-0.15, -0.1) is 0 Å². The number of halogens is 1. The monoisotopic (exact) mass is 274 g/mol. The van der Waals surface area contributed by atoms with Gasteiger partial charge in [0.05, 0.1) is 16.8 Å². The van der Waals surface area contributed by atoms with E-state index in [9.17, 15) is 0 Å². The van der Waals surface area contributed by atoms with Crippen molar-refractivity contribution in [2.75, 3.05) is 6.61 Å². The molecular formula is C10H15BrN2O2. The lowest BCUT2D eigenvalue weighted by Gasteiger charge is -2.16. The van der Waals surface area contributed by atoms with E-state index >= 15 is 0 Å². The molecule has 1 aromatic heterocycles. The highest BCUT2D eigenvalue weighted by Gasteiger charge is 2.34. The standard InChI is InChI=1S/C10H15BrN2O2/c1-4-8-7(11)5-13(12-8)9-6-14-10(2,3)15-9/h5,9H,4,6H2,1-3H3. The van der Waals surface area contributed by atoms with Gasteiger partial charge < -0.3 is 9.47 Å². The van der Waals surface area contributed by atoms with Crippen LogP contribution >= 0.6 is 15.9 Å². The molecule has 0 amide bonds. The summed E-state index contributed by atoms with van der Waals surface area (Å²) in [5, 5.41) is 4.44. The minimum Gasteiger partial charge on any atom is -0.346 e. The molecule has 2 heterocycles. The molecule has 1 aliphatic heterocycles. The second-order valence-electron chi connectivity index (χ2n) is 4.04. The second-order valence-corrected chi connectivity index (χ2v) is 4.89. The van der Waals surface area contributed by atoms with Crippen LogP contribution < -0.4 is 0 Å². The summed E-state index contributed by atoms with van der Waals surface area (Å²) in [6.45, 7) is 6.44. The number of aryl methyl sites for hydroxylation is 1. The van der Waals surface area contributed by atoms with Gasteiger partial charge in [0.2, 0.25) is 0 Å². The smallest absolute Gasteiger partial charge is 0.176 e. The minimum atomic E-state index is -0.504. The lowest BCUT2D eigenvalue weighted by Crippen LogP contribution is -2.21. The van der Waals surface area contributed by atoms with Crippen LogP contribution in [0.25, 0.3) is 0 Å². The normalized spacial score (nSPS) is 24.7. The van der Waals surface area contributed by atoms with Crippen molar-refractivity contribution in [2.45, 2.75) is 39.2 Å². The summed E-state index contributed by atoms with van der Waals surface area (Å²) in [7, 11) is 0. The Morgan fingerprint density at radius 1 is 1.67 bits per heavy atom. The van der Waals surface area contributed by atoms with E-state index in [1.54, 1.807) is 0 Å². The van der Waals surface area contributed by atoms with Crippen LogP contribution in [0.1, 0.15) is 32.7 Å². The van der Waals surface area contributed by atoms with Crippen molar-refractivity contribution in [2.24, 2.45) is 0 Å². The van der Waals surface area contributed by atoms with Gasteiger partial charge in [0.25, 0.3) is 0 Å². The molecule has 0 aromatic carbocycles. The Hall–Kier alpha value is -0.390. The molecule has 0 spiro atoms. The number of aromatic nitrogens is 2. The molecule has 1 aromatic rings. The highest BCUT2D eigenvalue weighted by Crippen LogP contribution is 2.29. The maximum Gasteiger partial charge on any atom is 0.176 e. The van der Waals surface area contributed by atoms with E-state index in [0.29, 0.717) is 6.61 Å². The largest absolute Gasteiger partial charge is 0.346 e. The van der Waals surface area contributed by atoms with Gasteiger partial charge in [-0.25, -0.2) is 4.68 Å². The minimum absolute atomic E-state index is 0.114. The lowest BCUT2D eigenvalue weighted by atomic mass is 10.3. The Morgan fingerprint density at radius 3 is 2.87 bits per heavy atom. The zero-order valence-electron chi connectivity index (χ0n) is 9.16. The molecule has 0 N–H and O–H groups in total. The number of hydrogen-bond acceptors (Lipinski definition) is 3. The van der Waals surface area contributed by atoms with Crippen molar-refractivity contribution in [1.82, 2.24) is 9.78 Å². The first-order valence-electron chi connectivity index (χ1n) is 5.07. The molecule has 1 unspecified atom stereocenters. The zero-order valence-corrected chi connectivity index (χ0v) is 10.7. The fourth-order valence-electron chi connectivity index (χ4n) is 1.59. The first-order valence-corrected chi connectivity index (χ1v) is 5.86. The first kappa shape index (κ1) is 11.1. The summed E-state index contributed by atoms with van der Waals surface area (Å²) in [4.78, 5) is 0. The van der Waals surface area contributed by atoms with Gasteiger partial charge in [-0.2, -0.15) is 5.10 Å². The lowest BCUT2D eigenvalue weighted by molar-refractivity contribution is -0.150. The molecule has 2 rings (SSSR count). The number of nitrogens with zero attached hydrogens (tertiary/aromatic N) is 2. The van der Waals surface area contributed by atoms with E-state index in [2.05, 4.69) is 28.0 Å². The molecule has 1 fully saturated rings. The molecule has 0 radical (unpaired) electrons. The van der Waals surface area contributed by atoms with Crippen LogP contribution in [-0.4, -0.2) is 22.2 Å². The van der Waals surface area contributed by atoms with Crippen LogP contribution in [0.2, 0.25) is 0 Å². The average Bonchev–Trinajstić information content (AvgIpc) is 2.69. The van der Waals surface area contributed by atoms with Crippen LogP contribution in [-0.2, 0) is 15.9 Å². The van der Waals surface area contributed by atoms with Gasteiger partial charge in [-0.05, 0) is 36.2 Å².